The Labute approximate surface area is 76.9 Å². The first kappa shape index (κ1) is 9.40. The van der Waals surface area contributed by atoms with Crippen LogP contribution in [0.4, 0.5) is 0 Å². The first-order valence-electron chi connectivity index (χ1n) is 4.09. The van der Waals surface area contributed by atoms with Gasteiger partial charge in [0.15, 0.2) is 0 Å². The van der Waals surface area contributed by atoms with Crippen molar-refractivity contribution in [2.75, 3.05) is 5.75 Å². The van der Waals surface area contributed by atoms with Crippen LogP contribution >= 0.6 is 23.4 Å². The Bertz CT molecular complexity index is 132. The van der Waals surface area contributed by atoms with E-state index in [1.807, 2.05) is 0 Å². The molecule has 0 N–H and O–H groups in total. The Hall–Kier alpha value is 0.310. The maximum Gasteiger partial charge on any atom is 0.231 e. The molecule has 0 aromatic heterocycles. The van der Waals surface area contributed by atoms with E-state index in [4.69, 9.17) is 11.6 Å². The molecule has 0 radical (unpaired) electrons. The van der Waals surface area contributed by atoms with Gasteiger partial charge in [-0.2, -0.15) is 0 Å². The molecule has 0 heterocycles. The van der Waals surface area contributed by atoms with Crippen molar-refractivity contribution in [3.8, 4) is 0 Å². The molecule has 1 nitrogen and oxygen atoms in total. The Morgan fingerprint density at radius 2 is 2.00 bits per heavy atom. The van der Waals surface area contributed by atoms with Gasteiger partial charge in [-0.3, -0.25) is 4.79 Å². The summed E-state index contributed by atoms with van der Waals surface area (Å²) < 4.78 is 0. The van der Waals surface area contributed by atoms with Gasteiger partial charge in [0, 0.05) is 5.25 Å². The van der Waals surface area contributed by atoms with E-state index >= 15 is 0 Å². The number of hydrogen-bond acceptors (Lipinski definition) is 2. The second-order valence-electron chi connectivity index (χ2n) is 2.93. The maximum absolute atomic E-state index is 10.4. The van der Waals surface area contributed by atoms with Gasteiger partial charge in [0.05, 0.1) is 5.75 Å². The van der Waals surface area contributed by atoms with E-state index < -0.39 is 0 Å². The van der Waals surface area contributed by atoms with Crippen molar-refractivity contribution < 1.29 is 4.79 Å². The standard InChI is InChI=1S/C8H13ClOS/c9-8(10)6-11-7-4-2-1-3-5-7/h7H,1-6H2. The highest BCUT2D eigenvalue weighted by molar-refractivity contribution is 8.00. The van der Waals surface area contributed by atoms with Crippen molar-refractivity contribution in [3.05, 3.63) is 0 Å². The van der Waals surface area contributed by atoms with E-state index in [-0.39, 0.29) is 5.24 Å². The van der Waals surface area contributed by atoms with Crippen molar-refractivity contribution in [2.45, 2.75) is 37.4 Å². The van der Waals surface area contributed by atoms with Gasteiger partial charge in [0.25, 0.3) is 0 Å². The number of thioether (sulfide) groups is 1. The molecule has 0 spiro atoms. The molecule has 1 aliphatic carbocycles. The van der Waals surface area contributed by atoms with Crippen LogP contribution < -0.4 is 0 Å². The van der Waals surface area contributed by atoms with E-state index in [0.29, 0.717) is 11.0 Å². The molecule has 3 heteroatoms. The number of carbonyl (C=O) groups is 1. The third-order valence-corrected chi connectivity index (χ3v) is 3.65. The van der Waals surface area contributed by atoms with Crippen LogP contribution in [0.3, 0.4) is 0 Å². The molecule has 0 bridgehead atoms. The zero-order chi connectivity index (χ0) is 8.10. The van der Waals surface area contributed by atoms with Crippen molar-refractivity contribution in [2.24, 2.45) is 0 Å². The third kappa shape index (κ3) is 4.02. The van der Waals surface area contributed by atoms with Gasteiger partial charge in [-0.05, 0) is 24.4 Å². The van der Waals surface area contributed by atoms with Crippen LogP contribution in [0.15, 0.2) is 0 Å². The molecular weight excluding hydrogens is 180 g/mol. The minimum atomic E-state index is -0.208. The molecule has 0 aromatic rings. The van der Waals surface area contributed by atoms with Gasteiger partial charge in [0.1, 0.15) is 0 Å². The summed E-state index contributed by atoms with van der Waals surface area (Å²) in [5.41, 5.74) is 0. The molecule has 1 aliphatic rings. The smallest absolute Gasteiger partial charge is 0.231 e. The molecule has 0 unspecified atom stereocenters. The normalized spacial score (nSPS) is 20.1. The molecule has 11 heavy (non-hydrogen) atoms. The summed E-state index contributed by atoms with van der Waals surface area (Å²) in [6, 6.07) is 0. The van der Waals surface area contributed by atoms with Crippen LogP contribution in [0.1, 0.15) is 32.1 Å². The number of hydrogen-bond donors (Lipinski definition) is 0. The Balaban J connectivity index is 2.09. The van der Waals surface area contributed by atoms with Gasteiger partial charge in [0.2, 0.25) is 5.24 Å². The fourth-order valence-electron chi connectivity index (χ4n) is 1.42. The molecule has 0 saturated heterocycles. The van der Waals surface area contributed by atoms with E-state index in [9.17, 15) is 4.79 Å². The minimum Gasteiger partial charge on any atom is -0.280 e. The molecule has 1 fully saturated rings. The SMILES string of the molecule is O=C(Cl)CSC1CCCCC1. The summed E-state index contributed by atoms with van der Waals surface area (Å²) >= 11 is 6.96. The molecule has 1 saturated carbocycles. The largest absolute Gasteiger partial charge is 0.280 e. The zero-order valence-corrected chi connectivity index (χ0v) is 8.09. The summed E-state index contributed by atoms with van der Waals surface area (Å²) in [6.45, 7) is 0. The fraction of sp³-hybridized carbons (Fsp3) is 0.875. The number of halogens is 1. The van der Waals surface area contributed by atoms with Gasteiger partial charge < -0.3 is 0 Å². The van der Waals surface area contributed by atoms with Crippen LogP contribution in [0.5, 0.6) is 0 Å². The number of carbonyl (C=O) groups excluding carboxylic acids is 1. The Morgan fingerprint density at radius 3 is 2.55 bits per heavy atom. The predicted molar refractivity (Wildman–Crippen MR) is 50.2 cm³/mol. The second-order valence-corrected chi connectivity index (χ2v) is 4.64. The van der Waals surface area contributed by atoms with Gasteiger partial charge in [-0.15, -0.1) is 11.8 Å². The van der Waals surface area contributed by atoms with Crippen LogP contribution in [-0.2, 0) is 4.79 Å². The molecule has 0 aliphatic heterocycles. The minimum absolute atomic E-state index is 0.208. The highest BCUT2D eigenvalue weighted by Crippen LogP contribution is 2.28. The van der Waals surface area contributed by atoms with Crippen LogP contribution in [-0.4, -0.2) is 16.2 Å². The monoisotopic (exact) mass is 192 g/mol. The van der Waals surface area contributed by atoms with Crippen molar-refractivity contribution in [1.82, 2.24) is 0 Å². The molecule has 0 amide bonds. The third-order valence-electron chi connectivity index (χ3n) is 1.98. The van der Waals surface area contributed by atoms with Crippen molar-refractivity contribution in [3.63, 3.8) is 0 Å². The topological polar surface area (TPSA) is 17.1 Å². The summed E-state index contributed by atoms with van der Waals surface area (Å²) in [6.07, 6.45) is 6.57. The quantitative estimate of drug-likeness (QED) is 0.640. The summed E-state index contributed by atoms with van der Waals surface area (Å²) in [5.74, 6) is 0.492. The highest BCUT2D eigenvalue weighted by atomic mass is 35.5. The maximum atomic E-state index is 10.4. The molecule has 0 atom stereocenters. The van der Waals surface area contributed by atoms with Crippen LogP contribution in [0, 0.1) is 0 Å². The predicted octanol–water partition coefficient (Wildman–Crippen LogP) is 2.82. The summed E-state index contributed by atoms with van der Waals surface area (Å²) in [4.78, 5) is 10.4. The van der Waals surface area contributed by atoms with Crippen molar-refractivity contribution >= 4 is 28.6 Å². The van der Waals surface area contributed by atoms with Gasteiger partial charge in [-0.25, -0.2) is 0 Å². The zero-order valence-electron chi connectivity index (χ0n) is 6.51. The molecule has 64 valence electrons. The lowest BCUT2D eigenvalue weighted by Gasteiger charge is -2.19. The first-order valence-corrected chi connectivity index (χ1v) is 5.51. The van der Waals surface area contributed by atoms with Crippen molar-refractivity contribution in [1.29, 1.82) is 0 Å². The van der Waals surface area contributed by atoms with E-state index in [1.165, 1.54) is 32.1 Å². The van der Waals surface area contributed by atoms with E-state index in [1.54, 1.807) is 11.8 Å². The Morgan fingerprint density at radius 1 is 1.36 bits per heavy atom. The summed E-state index contributed by atoms with van der Waals surface area (Å²) in [5, 5.41) is 0.493. The second kappa shape index (κ2) is 5.04. The van der Waals surface area contributed by atoms with E-state index in [2.05, 4.69) is 0 Å². The number of rotatable bonds is 3. The fourth-order valence-corrected chi connectivity index (χ4v) is 2.64. The lowest BCUT2D eigenvalue weighted by Crippen LogP contribution is -2.09. The van der Waals surface area contributed by atoms with Gasteiger partial charge in [-0.1, -0.05) is 19.3 Å². The molecular formula is C8H13ClOS. The van der Waals surface area contributed by atoms with Crippen LogP contribution in [0.2, 0.25) is 0 Å². The Kier molecular flexibility index (Phi) is 4.31. The van der Waals surface area contributed by atoms with E-state index in [0.717, 1.165) is 0 Å². The van der Waals surface area contributed by atoms with Gasteiger partial charge >= 0.3 is 0 Å². The average molecular weight is 193 g/mol. The highest BCUT2D eigenvalue weighted by Gasteiger charge is 2.14. The average Bonchev–Trinajstić information content (AvgIpc) is 2.03. The lowest BCUT2D eigenvalue weighted by atomic mass is 10.0. The molecule has 0 aromatic carbocycles. The molecule has 1 rings (SSSR count). The lowest BCUT2D eigenvalue weighted by molar-refractivity contribution is -0.109. The van der Waals surface area contributed by atoms with Crippen LogP contribution in [0.25, 0.3) is 0 Å². The first-order chi connectivity index (χ1) is 5.29. The summed E-state index contributed by atoms with van der Waals surface area (Å²) in [7, 11) is 0.